The first-order chi connectivity index (χ1) is 8.31. The summed E-state index contributed by atoms with van der Waals surface area (Å²) in [6.45, 7) is 8.39. The Bertz CT molecular complexity index is 337. The van der Waals surface area contributed by atoms with Crippen LogP contribution >= 0.6 is 0 Å². The first kappa shape index (κ1) is 12.2. The molecule has 1 saturated heterocycles. The highest BCUT2D eigenvalue weighted by atomic mass is 16.5. The lowest BCUT2D eigenvalue weighted by atomic mass is 10.2. The lowest BCUT2D eigenvalue weighted by molar-refractivity contribution is 0.317. The summed E-state index contributed by atoms with van der Waals surface area (Å²) in [4.78, 5) is 2.44. The smallest absolute Gasteiger partial charge is 0.119 e. The second kappa shape index (κ2) is 5.92. The Morgan fingerprint density at radius 2 is 2.12 bits per heavy atom. The first-order valence-corrected chi connectivity index (χ1v) is 6.51. The maximum absolute atomic E-state index is 5.59. The van der Waals surface area contributed by atoms with Gasteiger partial charge in [0.1, 0.15) is 5.75 Å². The molecule has 0 aliphatic carbocycles. The molecule has 0 radical (unpaired) electrons. The van der Waals surface area contributed by atoms with Crippen molar-refractivity contribution in [1.29, 1.82) is 0 Å². The van der Waals surface area contributed by atoms with Crippen LogP contribution < -0.4 is 15.0 Å². The standard InChI is InChI=1S/C14H22N2O/c1-3-10-17-14-6-4-13(5-7-14)16-9-8-15-11-12(16)2/h4-7,12,15H,3,8-11H2,1-2H3. The number of anilines is 1. The van der Waals surface area contributed by atoms with Crippen LogP contribution in [0, 0.1) is 0 Å². The summed E-state index contributed by atoms with van der Waals surface area (Å²) >= 11 is 0. The highest BCUT2D eigenvalue weighted by molar-refractivity contribution is 5.50. The molecule has 0 saturated carbocycles. The maximum Gasteiger partial charge on any atom is 0.119 e. The van der Waals surface area contributed by atoms with Crippen molar-refractivity contribution in [3.63, 3.8) is 0 Å². The molecule has 2 rings (SSSR count). The molecule has 1 heterocycles. The van der Waals surface area contributed by atoms with Crippen molar-refractivity contribution < 1.29 is 4.74 Å². The quantitative estimate of drug-likeness (QED) is 0.865. The topological polar surface area (TPSA) is 24.5 Å². The van der Waals surface area contributed by atoms with Crippen LogP contribution in [0.3, 0.4) is 0 Å². The van der Waals surface area contributed by atoms with Crippen molar-refractivity contribution in [2.24, 2.45) is 0 Å². The minimum absolute atomic E-state index is 0.561. The number of ether oxygens (including phenoxy) is 1. The molecule has 94 valence electrons. The lowest BCUT2D eigenvalue weighted by Gasteiger charge is -2.35. The number of benzene rings is 1. The van der Waals surface area contributed by atoms with Gasteiger partial charge in [-0.25, -0.2) is 0 Å². The number of hydrogen-bond acceptors (Lipinski definition) is 3. The number of nitrogens with one attached hydrogen (secondary N) is 1. The van der Waals surface area contributed by atoms with Crippen molar-refractivity contribution >= 4 is 5.69 Å². The third-order valence-electron chi connectivity index (χ3n) is 3.14. The van der Waals surface area contributed by atoms with E-state index in [1.54, 1.807) is 0 Å². The normalized spacial score (nSPS) is 20.4. The molecule has 1 unspecified atom stereocenters. The Morgan fingerprint density at radius 3 is 2.76 bits per heavy atom. The third kappa shape index (κ3) is 3.13. The van der Waals surface area contributed by atoms with E-state index in [0.29, 0.717) is 6.04 Å². The van der Waals surface area contributed by atoms with Crippen LogP contribution in [0.25, 0.3) is 0 Å². The van der Waals surface area contributed by atoms with Gasteiger partial charge in [-0.1, -0.05) is 6.92 Å². The fraction of sp³-hybridized carbons (Fsp3) is 0.571. The fourth-order valence-corrected chi connectivity index (χ4v) is 2.18. The summed E-state index contributed by atoms with van der Waals surface area (Å²) in [5.41, 5.74) is 1.29. The molecule has 1 fully saturated rings. The van der Waals surface area contributed by atoms with Crippen molar-refractivity contribution in [2.75, 3.05) is 31.1 Å². The Labute approximate surface area is 104 Å². The Balaban J connectivity index is 2.01. The average Bonchev–Trinajstić information content (AvgIpc) is 2.38. The fourth-order valence-electron chi connectivity index (χ4n) is 2.18. The summed E-state index contributed by atoms with van der Waals surface area (Å²) < 4.78 is 5.59. The van der Waals surface area contributed by atoms with Gasteiger partial charge in [0.05, 0.1) is 6.61 Å². The van der Waals surface area contributed by atoms with Gasteiger partial charge in [-0.2, -0.15) is 0 Å². The summed E-state index contributed by atoms with van der Waals surface area (Å²) in [5, 5.41) is 3.41. The summed E-state index contributed by atoms with van der Waals surface area (Å²) in [6.07, 6.45) is 1.05. The van der Waals surface area contributed by atoms with Crippen LogP contribution in [0.5, 0.6) is 5.75 Å². The molecule has 1 aliphatic rings. The Kier molecular flexibility index (Phi) is 4.26. The van der Waals surface area contributed by atoms with Gasteiger partial charge in [0.2, 0.25) is 0 Å². The van der Waals surface area contributed by atoms with Crippen LogP contribution in [-0.4, -0.2) is 32.3 Å². The maximum atomic E-state index is 5.59. The van der Waals surface area contributed by atoms with Gasteiger partial charge in [0.15, 0.2) is 0 Å². The molecule has 1 atom stereocenters. The first-order valence-electron chi connectivity index (χ1n) is 6.51. The molecule has 3 nitrogen and oxygen atoms in total. The molecule has 0 spiro atoms. The molecule has 1 aliphatic heterocycles. The number of hydrogen-bond donors (Lipinski definition) is 1. The number of rotatable bonds is 4. The molecule has 17 heavy (non-hydrogen) atoms. The van der Waals surface area contributed by atoms with Crippen LogP contribution in [0.15, 0.2) is 24.3 Å². The van der Waals surface area contributed by atoms with Gasteiger partial charge in [0.25, 0.3) is 0 Å². The van der Waals surface area contributed by atoms with Gasteiger partial charge in [-0.3, -0.25) is 0 Å². The van der Waals surface area contributed by atoms with Crippen LogP contribution in [0.1, 0.15) is 20.3 Å². The van der Waals surface area contributed by atoms with Gasteiger partial charge >= 0.3 is 0 Å². The van der Waals surface area contributed by atoms with Gasteiger partial charge in [0, 0.05) is 31.4 Å². The molecular formula is C14H22N2O. The monoisotopic (exact) mass is 234 g/mol. The van der Waals surface area contributed by atoms with E-state index in [2.05, 4.69) is 48.3 Å². The van der Waals surface area contributed by atoms with Gasteiger partial charge in [-0.05, 0) is 37.6 Å². The summed E-state index contributed by atoms with van der Waals surface area (Å²) in [5.74, 6) is 0.971. The van der Waals surface area contributed by atoms with Crippen molar-refractivity contribution in [3.8, 4) is 5.75 Å². The molecule has 1 N–H and O–H groups in total. The van der Waals surface area contributed by atoms with E-state index in [9.17, 15) is 0 Å². The van der Waals surface area contributed by atoms with Crippen LogP contribution in [0.2, 0.25) is 0 Å². The van der Waals surface area contributed by atoms with E-state index in [0.717, 1.165) is 38.4 Å². The number of nitrogens with zero attached hydrogens (tertiary/aromatic N) is 1. The highest BCUT2D eigenvalue weighted by Crippen LogP contribution is 2.22. The Morgan fingerprint density at radius 1 is 1.35 bits per heavy atom. The van der Waals surface area contributed by atoms with Gasteiger partial charge < -0.3 is 15.0 Å². The minimum Gasteiger partial charge on any atom is -0.494 e. The van der Waals surface area contributed by atoms with E-state index in [1.165, 1.54) is 5.69 Å². The zero-order chi connectivity index (χ0) is 12.1. The molecule has 3 heteroatoms. The Hall–Kier alpha value is -1.22. The van der Waals surface area contributed by atoms with E-state index in [-0.39, 0.29) is 0 Å². The van der Waals surface area contributed by atoms with E-state index >= 15 is 0 Å². The SMILES string of the molecule is CCCOc1ccc(N2CCNCC2C)cc1. The lowest BCUT2D eigenvalue weighted by Crippen LogP contribution is -2.49. The second-order valence-electron chi connectivity index (χ2n) is 4.59. The molecule has 0 aromatic heterocycles. The summed E-state index contributed by atoms with van der Waals surface area (Å²) in [6, 6.07) is 9.02. The molecule has 1 aromatic rings. The molecule has 0 bridgehead atoms. The molecule has 1 aromatic carbocycles. The van der Waals surface area contributed by atoms with Crippen LogP contribution in [0.4, 0.5) is 5.69 Å². The third-order valence-corrected chi connectivity index (χ3v) is 3.14. The van der Waals surface area contributed by atoms with Crippen molar-refractivity contribution in [2.45, 2.75) is 26.3 Å². The van der Waals surface area contributed by atoms with Crippen molar-refractivity contribution in [1.82, 2.24) is 5.32 Å². The predicted octanol–water partition coefficient (Wildman–Crippen LogP) is 2.27. The second-order valence-corrected chi connectivity index (χ2v) is 4.59. The van der Waals surface area contributed by atoms with E-state index in [4.69, 9.17) is 4.74 Å². The molecular weight excluding hydrogens is 212 g/mol. The average molecular weight is 234 g/mol. The van der Waals surface area contributed by atoms with Crippen LogP contribution in [-0.2, 0) is 0 Å². The largest absolute Gasteiger partial charge is 0.494 e. The molecule has 0 amide bonds. The summed E-state index contributed by atoms with van der Waals surface area (Å²) in [7, 11) is 0. The zero-order valence-corrected chi connectivity index (χ0v) is 10.8. The minimum atomic E-state index is 0.561. The van der Waals surface area contributed by atoms with E-state index < -0.39 is 0 Å². The highest BCUT2D eigenvalue weighted by Gasteiger charge is 2.17. The number of piperazine rings is 1. The zero-order valence-electron chi connectivity index (χ0n) is 10.8. The van der Waals surface area contributed by atoms with Crippen molar-refractivity contribution in [3.05, 3.63) is 24.3 Å². The van der Waals surface area contributed by atoms with Gasteiger partial charge in [-0.15, -0.1) is 0 Å². The van der Waals surface area contributed by atoms with E-state index in [1.807, 2.05) is 0 Å². The predicted molar refractivity (Wildman–Crippen MR) is 71.9 cm³/mol.